The van der Waals surface area contributed by atoms with E-state index in [9.17, 15) is 13.2 Å². The Kier molecular flexibility index (Phi) is 9.94. The summed E-state index contributed by atoms with van der Waals surface area (Å²) in [5, 5.41) is 18.4. The molecule has 0 saturated heterocycles. The molecule has 214 valence electrons. The first-order valence-corrected chi connectivity index (χ1v) is 14.7. The molecule has 0 radical (unpaired) electrons. The van der Waals surface area contributed by atoms with Gasteiger partial charge in [0.2, 0.25) is 15.9 Å². The van der Waals surface area contributed by atoms with Gasteiger partial charge in [-0.25, -0.2) is 13.1 Å². The van der Waals surface area contributed by atoms with Gasteiger partial charge in [0.25, 0.3) is 0 Å². The Morgan fingerprint density at radius 2 is 1.68 bits per heavy atom. The van der Waals surface area contributed by atoms with Crippen LogP contribution in [0.4, 0.5) is 11.4 Å². The molecule has 0 aliphatic heterocycles. The number of rotatable bonds is 11. The van der Waals surface area contributed by atoms with Gasteiger partial charge in [0.15, 0.2) is 5.84 Å². The number of anilines is 2. The molecule has 0 unspecified atom stereocenters. The summed E-state index contributed by atoms with van der Waals surface area (Å²) in [5.74, 6) is 0.0481. The summed E-state index contributed by atoms with van der Waals surface area (Å²) in [6, 6.07) is 21.0. The summed E-state index contributed by atoms with van der Waals surface area (Å²) in [4.78, 5) is 13.2. The Morgan fingerprint density at radius 1 is 1.00 bits per heavy atom. The van der Waals surface area contributed by atoms with Crippen molar-refractivity contribution in [1.29, 1.82) is 0 Å². The lowest BCUT2D eigenvalue weighted by Gasteiger charge is -2.25. The minimum absolute atomic E-state index is 0.00983. The monoisotopic (exact) mass is 565 g/mol. The van der Waals surface area contributed by atoms with E-state index >= 15 is 0 Å². The molecule has 1 amide bonds. The van der Waals surface area contributed by atoms with Crippen LogP contribution in [0.2, 0.25) is 0 Å². The van der Waals surface area contributed by atoms with Gasteiger partial charge in [-0.05, 0) is 62.6 Å². The number of amidine groups is 1. The van der Waals surface area contributed by atoms with Crippen molar-refractivity contribution in [2.75, 3.05) is 10.6 Å². The third kappa shape index (κ3) is 8.30. The van der Waals surface area contributed by atoms with E-state index in [4.69, 9.17) is 10.9 Å². The fourth-order valence-electron chi connectivity index (χ4n) is 4.26. The van der Waals surface area contributed by atoms with Crippen molar-refractivity contribution in [3.05, 3.63) is 78.4 Å². The molecule has 9 nitrogen and oxygen atoms in total. The van der Waals surface area contributed by atoms with Crippen molar-refractivity contribution in [1.82, 2.24) is 4.72 Å². The van der Waals surface area contributed by atoms with Gasteiger partial charge in [-0.15, -0.1) is 0 Å². The van der Waals surface area contributed by atoms with Gasteiger partial charge in [0.1, 0.15) is 0 Å². The Balaban J connectivity index is 1.74. The third-order valence-electron chi connectivity index (χ3n) is 6.45. The maximum absolute atomic E-state index is 13.0. The summed E-state index contributed by atoms with van der Waals surface area (Å²) in [7, 11) is -3.74. The minimum atomic E-state index is -3.74. The number of amides is 1. The normalized spacial score (nSPS) is 13.9. The van der Waals surface area contributed by atoms with Crippen LogP contribution in [0.3, 0.4) is 0 Å². The second kappa shape index (κ2) is 13.0. The number of sulfonamides is 1. The summed E-state index contributed by atoms with van der Waals surface area (Å²) in [6.07, 6.45) is 1.09. The van der Waals surface area contributed by atoms with Crippen LogP contribution in [-0.4, -0.2) is 36.9 Å². The van der Waals surface area contributed by atoms with E-state index in [1.165, 1.54) is 0 Å². The Labute approximate surface area is 236 Å². The molecular formula is C30H39N5O4S. The van der Waals surface area contributed by atoms with Crippen molar-refractivity contribution in [3.63, 3.8) is 0 Å². The van der Waals surface area contributed by atoms with Gasteiger partial charge in [-0.1, -0.05) is 67.9 Å². The largest absolute Gasteiger partial charge is 0.409 e. The average molecular weight is 566 g/mol. The topological polar surface area (TPSA) is 146 Å². The molecule has 0 spiro atoms. The van der Waals surface area contributed by atoms with E-state index < -0.39 is 15.6 Å². The van der Waals surface area contributed by atoms with Gasteiger partial charge in [0, 0.05) is 40.5 Å². The Hall–Kier alpha value is -3.89. The van der Waals surface area contributed by atoms with E-state index in [0.717, 1.165) is 17.7 Å². The molecule has 0 saturated carbocycles. The molecule has 0 fully saturated rings. The second-order valence-electron chi connectivity index (χ2n) is 10.9. The lowest BCUT2D eigenvalue weighted by molar-refractivity contribution is -0.116. The summed E-state index contributed by atoms with van der Waals surface area (Å²) >= 11 is 0. The van der Waals surface area contributed by atoms with Gasteiger partial charge in [-0.3, -0.25) is 4.79 Å². The van der Waals surface area contributed by atoms with E-state index in [1.807, 2.05) is 6.07 Å². The van der Waals surface area contributed by atoms with E-state index in [0.29, 0.717) is 16.8 Å². The van der Waals surface area contributed by atoms with E-state index in [1.54, 1.807) is 87.5 Å². The summed E-state index contributed by atoms with van der Waals surface area (Å²) < 4.78 is 28.8. The molecule has 6 N–H and O–H groups in total. The highest BCUT2D eigenvalue weighted by atomic mass is 32.2. The molecular weight excluding hydrogens is 526 g/mol. The lowest BCUT2D eigenvalue weighted by atomic mass is 9.95. The molecule has 0 aliphatic rings. The zero-order chi connectivity index (χ0) is 29.5. The van der Waals surface area contributed by atoms with Crippen LogP contribution in [0, 0.1) is 5.92 Å². The zero-order valence-electron chi connectivity index (χ0n) is 23.6. The standard InChI is InChI=1S/C30H39N5O4S/c1-6-20(2)26(32-24-11-9-10-22(18-24)29(31)34-37)19-28(36)33-23-16-14-21(15-17-23)25-12-7-8-13-27(25)40(38,39)35-30(3,4)5/h7-18,20,26,32,35,37H,6,19H2,1-5H3,(H2,31,34)(H,33,36)/t20-,26-/m0/s1. The van der Waals surface area contributed by atoms with Crippen LogP contribution >= 0.6 is 0 Å². The highest BCUT2D eigenvalue weighted by Gasteiger charge is 2.25. The Morgan fingerprint density at radius 3 is 2.30 bits per heavy atom. The molecule has 0 aromatic heterocycles. The Bertz CT molecular complexity index is 1450. The lowest BCUT2D eigenvalue weighted by Crippen LogP contribution is -2.40. The molecule has 3 rings (SSSR count). The number of nitrogens with one attached hydrogen (secondary N) is 3. The number of nitrogens with zero attached hydrogens (tertiary/aromatic N) is 1. The number of hydrogen-bond acceptors (Lipinski definition) is 6. The second-order valence-corrected chi connectivity index (χ2v) is 12.5. The van der Waals surface area contributed by atoms with Crippen LogP contribution in [0.25, 0.3) is 11.1 Å². The van der Waals surface area contributed by atoms with Crippen LogP contribution < -0.4 is 21.1 Å². The van der Waals surface area contributed by atoms with Gasteiger partial charge < -0.3 is 21.6 Å². The number of carbonyl (C=O) groups is 1. The number of carbonyl (C=O) groups excluding carboxylic acids is 1. The van der Waals surface area contributed by atoms with E-state index in [2.05, 4.69) is 34.4 Å². The molecule has 3 aromatic carbocycles. The van der Waals surface area contributed by atoms with Crippen LogP contribution in [0.1, 0.15) is 53.0 Å². The zero-order valence-corrected chi connectivity index (χ0v) is 24.4. The van der Waals surface area contributed by atoms with Crippen molar-refractivity contribution in [2.45, 2.75) is 63.9 Å². The number of nitrogens with two attached hydrogens (primary N) is 1. The first-order chi connectivity index (χ1) is 18.8. The first kappa shape index (κ1) is 30.6. The smallest absolute Gasteiger partial charge is 0.241 e. The van der Waals surface area contributed by atoms with Crippen LogP contribution in [-0.2, 0) is 14.8 Å². The fraction of sp³-hybridized carbons (Fsp3) is 0.333. The van der Waals surface area contributed by atoms with Crippen molar-refractivity contribution < 1.29 is 18.4 Å². The molecule has 0 bridgehead atoms. The summed E-state index contributed by atoms with van der Waals surface area (Å²) in [6.45, 7) is 9.53. The van der Waals surface area contributed by atoms with Crippen molar-refractivity contribution >= 4 is 33.1 Å². The predicted molar refractivity (Wildman–Crippen MR) is 161 cm³/mol. The number of hydrogen-bond donors (Lipinski definition) is 5. The van der Waals surface area contributed by atoms with Gasteiger partial charge in [-0.2, -0.15) is 0 Å². The van der Waals surface area contributed by atoms with Crippen LogP contribution in [0.5, 0.6) is 0 Å². The maximum atomic E-state index is 13.0. The highest BCUT2D eigenvalue weighted by molar-refractivity contribution is 7.89. The number of benzene rings is 3. The van der Waals surface area contributed by atoms with Crippen molar-refractivity contribution in [3.8, 4) is 11.1 Å². The highest BCUT2D eigenvalue weighted by Crippen LogP contribution is 2.29. The van der Waals surface area contributed by atoms with Crippen molar-refractivity contribution in [2.24, 2.45) is 16.8 Å². The van der Waals surface area contributed by atoms with Gasteiger partial charge in [0.05, 0.1) is 4.90 Å². The minimum Gasteiger partial charge on any atom is -0.409 e. The molecule has 3 aromatic rings. The molecule has 2 atom stereocenters. The maximum Gasteiger partial charge on any atom is 0.241 e. The first-order valence-electron chi connectivity index (χ1n) is 13.2. The molecule has 40 heavy (non-hydrogen) atoms. The molecule has 0 heterocycles. The predicted octanol–water partition coefficient (Wildman–Crippen LogP) is 5.38. The molecule has 0 aliphatic carbocycles. The average Bonchev–Trinajstić information content (AvgIpc) is 2.91. The molecule has 10 heteroatoms. The summed E-state index contributed by atoms with van der Waals surface area (Å²) in [5.41, 5.74) is 8.35. The van der Waals surface area contributed by atoms with Crippen LogP contribution in [0.15, 0.2) is 82.8 Å². The SMILES string of the molecule is CC[C@H](C)[C@H](CC(=O)Nc1ccc(-c2ccccc2S(=O)(=O)NC(C)(C)C)cc1)Nc1cccc(C(N)=NO)c1. The van der Waals surface area contributed by atoms with Gasteiger partial charge >= 0.3 is 0 Å². The quantitative estimate of drug-likeness (QED) is 0.0913. The van der Waals surface area contributed by atoms with E-state index in [-0.39, 0.29) is 35.0 Å². The fourth-order valence-corrected chi connectivity index (χ4v) is 5.91. The number of oxime groups is 1. The third-order valence-corrected chi connectivity index (χ3v) is 8.27.